The van der Waals surface area contributed by atoms with Gasteiger partial charge in [-0.2, -0.15) is 0 Å². The van der Waals surface area contributed by atoms with Gasteiger partial charge in [0.05, 0.1) is 59.5 Å². The lowest BCUT2D eigenvalue weighted by atomic mass is 9.76. The molecule has 14 unspecified atom stereocenters. The molecule has 4 aliphatic rings. The number of rotatable bonds is 65. The molecule has 4 fully saturated rings. The van der Waals surface area contributed by atoms with Crippen molar-refractivity contribution in [1.82, 2.24) is 0 Å². The van der Waals surface area contributed by atoms with Crippen molar-refractivity contribution in [2.75, 3.05) is 85.9 Å². The molecule has 44 heteroatoms. The predicted molar refractivity (Wildman–Crippen MR) is 445 cm³/mol. The topological polar surface area (TPSA) is 758 Å². The van der Waals surface area contributed by atoms with Gasteiger partial charge in [0.15, 0.2) is 65.5 Å². The highest BCUT2D eigenvalue weighted by Crippen LogP contribution is 2.40. The highest BCUT2D eigenvalue weighted by molar-refractivity contribution is 5.25. The van der Waals surface area contributed by atoms with E-state index < -0.39 is 341 Å². The van der Waals surface area contributed by atoms with E-state index in [9.17, 15) is 163 Å². The van der Waals surface area contributed by atoms with Gasteiger partial charge in [0, 0.05) is 68.9 Å². The normalized spacial score (nSPS) is 30.2. The molecule has 5 rings (SSSR count). The van der Waals surface area contributed by atoms with Gasteiger partial charge >= 0.3 is 0 Å². The molecule has 0 amide bonds. The summed E-state index contributed by atoms with van der Waals surface area (Å²) in [5, 5.41) is 344. The molecular formula is C85H148O44. The molecule has 0 spiro atoms. The van der Waals surface area contributed by atoms with Crippen LogP contribution < -0.4 is 0 Å². The van der Waals surface area contributed by atoms with Crippen LogP contribution in [-0.2, 0) is 69.7 Å². The van der Waals surface area contributed by atoms with E-state index in [0.29, 0.717) is 43.2 Å². The Morgan fingerprint density at radius 2 is 0.713 bits per heavy atom. The molecule has 4 aliphatic heterocycles. The van der Waals surface area contributed by atoms with E-state index in [1.54, 1.807) is 24.3 Å². The molecule has 752 valence electrons. The largest absolute Gasteiger partial charge is 0.509 e. The Balaban J connectivity index is 1.66. The van der Waals surface area contributed by atoms with Crippen LogP contribution in [0.5, 0.6) is 0 Å². The fourth-order valence-electron chi connectivity index (χ4n) is 15.6. The van der Waals surface area contributed by atoms with Crippen LogP contribution >= 0.6 is 0 Å². The van der Waals surface area contributed by atoms with Gasteiger partial charge in [-0.3, -0.25) is 0 Å². The van der Waals surface area contributed by atoms with E-state index in [0.717, 1.165) is 83.5 Å². The minimum Gasteiger partial charge on any atom is -0.509 e. The van der Waals surface area contributed by atoms with E-state index >= 15 is 0 Å². The molecular weight excluding hydrogens is 1720 g/mol. The van der Waals surface area contributed by atoms with Crippen LogP contribution in [0.15, 0.2) is 70.3 Å². The van der Waals surface area contributed by atoms with Crippen molar-refractivity contribution in [2.24, 2.45) is 16.7 Å². The first-order chi connectivity index (χ1) is 61.5. The number of ether oxygens (including phenoxy) is 12. The quantitative estimate of drug-likeness (QED) is 0.0186. The van der Waals surface area contributed by atoms with Crippen LogP contribution in [0.3, 0.4) is 0 Å². The molecule has 1 aromatic carbocycles. The average molecular weight is 1870 g/mol. The third-order valence-electron chi connectivity index (χ3n) is 23.6. The summed E-state index contributed by atoms with van der Waals surface area (Å²) in [5.74, 6) is -11.2. The monoisotopic (exact) mass is 1870 g/mol. The summed E-state index contributed by atoms with van der Waals surface area (Å²) in [5.41, 5.74) is -2.17. The third-order valence-corrected chi connectivity index (χ3v) is 23.6. The minimum atomic E-state index is -2.59. The Morgan fingerprint density at radius 3 is 1.13 bits per heavy atom. The number of hydrogen-bond acceptors (Lipinski definition) is 44. The van der Waals surface area contributed by atoms with Crippen molar-refractivity contribution in [2.45, 2.75) is 347 Å². The molecule has 0 aliphatic carbocycles. The zero-order valence-electron chi connectivity index (χ0n) is 73.3. The lowest BCUT2D eigenvalue weighted by molar-refractivity contribution is -0.361. The Labute approximate surface area is 748 Å². The number of hydrogen-bond donors (Lipinski definition) is 32. The molecule has 0 bridgehead atoms. The second kappa shape index (κ2) is 59.2. The van der Waals surface area contributed by atoms with Gasteiger partial charge in [0.1, 0.15) is 122 Å². The lowest BCUT2D eigenvalue weighted by Crippen LogP contribution is -2.64. The Bertz CT molecular complexity index is 3340. The summed E-state index contributed by atoms with van der Waals surface area (Å²) in [6.07, 6.45) is -40.8. The van der Waals surface area contributed by atoms with Crippen molar-refractivity contribution >= 4 is 0 Å². The van der Waals surface area contributed by atoms with Crippen LogP contribution in [-0.4, -0.2) is 416 Å². The number of aliphatic hydroxyl groups is 32. The highest BCUT2D eigenvalue weighted by Gasteiger charge is 2.53. The van der Waals surface area contributed by atoms with Crippen LogP contribution in [0, 0.1) is 16.7 Å². The Morgan fingerprint density at radius 1 is 0.357 bits per heavy atom. The molecule has 0 saturated carbocycles. The van der Waals surface area contributed by atoms with Crippen LogP contribution in [0.1, 0.15) is 179 Å². The van der Waals surface area contributed by atoms with Crippen LogP contribution in [0.25, 0.3) is 0 Å². The molecule has 0 radical (unpaired) electrons. The van der Waals surface area contributed by atoms with Crippen molar-refractivity contribution in [3.63, 3.8) is 0 Å². The summed E-state index contributed by atoms with van der Waals surface area (Å²) in [4.78, 5) is 0. The van der Waals surface area contributed by atoms with Gasteiger partial charge in [-0.15, -0.1) is 0 Å². The van der Waals surface area contributed by atoms with Gasteiger partial charge in [-0.1, -0.05) is 154 Å². The van der Waals surface area contributed by atoms with Gasteiger partial charge in [0.2, 0.25) is 25.2 Å². The van der Waals surface area contributed by atoms with Crippen molar-refractivity contribution in [1.29, 1.82) is 0 Å². The maximum absolute atomic E-state index is 11.9. The standard InChI is InChI=1S/C85H148O44/c1-3-5-7-9-11-13-15-17-19-28-84(42-119-76(114)59(99)51(96)33-48(36-89)41-118-80-70(110)63(103)61(101)53(37-90)124-80,44-122-82-73(113)66(106)75(56(40-93)127-82)129-83-71(111)64(104)62(102)54(38-91)125-83)34-46-21-23-47(24-22-46)35-85(29-20-18-16-14-12-10-8-6-4-2,43-120-77(115)69(109)60(100)52(27-32-88)123-78(116)67(107)57(97)49(94)25-30-86)45-121-81-72(112)65(105)74(55(39-92)126-81)128-79(117)68(108)58(98)50(95)26-31-87/h21-24,48-50,52-56,61-66,70-83,86-117H,3-20,25-45H2,1-2H3/b59-51+,67-57+,68-58-,69-60+/t48?,49-,50-,52-,53?,54?,55?,56?,61-,62-,63?,64?,65?,66?,70?,71?,72?,73?,74-,75-,76+,77+,78-,79-,80+,81-,82-,83-,84-,85?/m1/s1. The smallest absolute Gasteiger partial charge is 0.218 e. The van der Waals surface area contributed by atoms with Crippen molar-refractivity contribution < 1.29 is 220 Å². The zero-order chi connectivity index (χ0) is 95.8. The second-order valence-corrected chi connectivity index (χ2v) is 33.9. The summed E-state index contributed by atoms with van der Waals surface area (Å²) in [6, 6.07) is 6.57. The van der Waals surface area contributed by atoms with E-state index in [4.69, 9.17) is 56.8 Å². The molecule has 129 heavy (non-hydrogen) atoms. The van der Waals surface area contributed by atoms with Gasteiger partial charge in [0.25, 0.3) is 0 Å². The molecule has 30 atom stereocenters. The summed E-state index contributed by atoms with van der Waals surface area (Å²) < 4.78 is 70.0. The van der Waals surface area contributed by atoms with Crippen LogP contribution in [0.4, 0.5) is 0 Å². The number of allylic oxidation sites excluding steroid dienone is 1. The molecule has 44 nitrogen and oxygen atoms in total. The summed E-state index contributed by atoms with van der Waals surface area (Å²) >= 11 is 0. The first-order valence-corrected chi connectivity index (χ1v) is 44.4. The minimum absolute atomic E-state index is 0.0469. The maximum Gasteiger partial charge on any atom is 0.218 e. The fraction of sp³-hybridized carbons (Fsp3) is 0.835. The molecule has 4 heterocycles. The molecule has 0 aromatic heterocycles. The first kappa shape index (κ1) is 115. The number of unbranched alkanes of at least 4 members (excludes halogenated alkanes) is 16. The summed E-state index contributed by atoms with van der Waals surface area (Å²) in [7, 11) is 0. The van der Waals surface area contributed by atoms with E-state index in [1.165, 1.54) is 0 Å². The highest BCUT2D eigenvalue weighted by atomic mass is 16.8. The van der Waals surface area contributed by atoms with Crippen molar-refractivity contribution in [3.05, 3.63) is 81.5 Å². The van der Waals surface area contributed by atoms with Gasteiger partial charge in [-0.05, 0) is 36.8 Å². The van der Waals surface area contributed by atoms with E-state index in [2.05, 4.69) is 13.8 Å². The summed E-state index contributed by atoms with van der Waals surface area (Å²) in [6.45, 7) is -5.59. The van der Waals surface area contributed by atoms with Crippen LogP contribution in [0.2, 0.25) is 0 Å². The maximum atomic E-state index is 11.9. The van der Waals surface area contributed by atoms with Gasteiger partial charge < -0.3 is 220 Å². The van der Waals surface area contributed by atoms with Gasteiger partial charge in [-0.25, -0.2) is 0 Å². The number of aliphatic hydroxyl groups excluding tert-OH is 32. The van der Waals surface area contributed by atoms with Crippen molar-refractivity contribution in [3.8, 4) is 0 Å². The molecule has 4 saturated heterocycles. The fourth-order valence-corrected chi connectivity index (χ4v) is 15.6. The number of benzene rings is 1. The second-order valence-electron chi connectivity index (χ2n) is 33.9. The third kappa shape index (κ3) is 35.0. The first-order valence-electron chi connectivity index (χ1n) is 44.4. The Kier molecular flexibility index (Phi) is 52.6. The SMILES string of the molecule is CCCCCCCCCCCC(CO[C@@H]1OC(CO)[C@@H](O[C@@H](O)/C(O)=C(/O)[C@H](O)CCO)C(O)C1O)(CO[C@H](O)/C(O)=C(\O)[C@@H](CCO)O[C@@H](O)/C(O)=C(\O)[C@H](O)CCO)Cc1ccc(C[C@@](CCCCCCCCCCC)(CO[C@@H]2OC(CO)[C@@H](O[C@H]3OC(CO)[C@@H](O)C(O)C3O)C(O)C2O)CO[C@H](O)/C(O)=C(\O)CC(CO)CO[C@H]2OC(CO)[C@@H](O)C(O)C2O)cc1. The molecule has 1 aromatic rings. The average Bonchev–Trinajstić information content (AvgIpc) is 0.782. The van der Waals surface area contributed by atoms with E-state index in [1.807, 2.05) is 0 Å². The van der Waals surface area contributed by atoms with E-state index in [-0.39, 0.29) is 25.7 Å². The molecule has 32 N–H and O–H groups in total. The predicted octanol–water partition coefficient (Wildman–Crippen LogP) is -2.25. The zero-order valence-corrected chi connectivity index (χ0v) is 73.3. The Hall–Kier alpha value is -4.86. The lowest BCUT2D eigenvalue weighted by Gasteiger charge is -2.46.